The fourth-order valence-electron chi connectivity index (χ4n) is 2.30. The molecule has 2 heterocycles. The summed E-state index contributed by atoms with van der Waals surface area (Å²) in [6.45, 7) is 0. The van der Waals surface area contributed by atoms with Crippen molar-refractivity contribution in [3.63, 3.8) is 0 Å². The molecule has 78 valence electrons. The highest BCUT2D eigenvalue weighted by molar-refractivity contribution is 9.10. The van der Waals surface area contributed by atoms with E-state index in [4.69, 9.17) is 14.9 Å². The number of hydrogen-bond donors (Lipinski definition) is 2. The van der Waals surface area contributed by atoms with Gasteiger partial charge in [-0.3, -0.25) is 9.59 Å². The summed E-state index contributed by atoms with van der Waals surface area (Å²) in [4.78, 5) is 22.0. The second-order valence-corrected chi connectivity index (χ2v) is 4.94. The molecule has 2 fully saturated rings. The van der Waals surface area contributed by atoms with E-state index in [1.807, 2.05) is 0 Å². The molecule has 4 atom stereocenters. The molecule has 14 heavy (non-hydrogen) atoms. The summed E-state index contributed by atoms with van der Waals surface area (Å²) in [6.07, 6.45) is 0.243. The van der Waals surface area contributed by atoms with Crippen LogP contribution in [-0.4, -0.2) is 38.7 Å². The lowest BCUT2D eigenvalue weighted by atomic mass is 9.79. The van der Waals surface area contributed by atoms with Gasteiger partial charge in [-0.25, -0.2) is 0 Å². The molecule has 0 spiro atoms. The van der Waals surface area contributed by atoms with Crippen LogP contribution in [0.15, 0.2) is 0 Å². The van der Waals surface area contributed by atoms with Crippen molar-refractivity contribution in [3.8, 4) is 0 Å². The average Bonchev–Trinajstić information content (AvgIpc) is 2.61. The smallest absolute Gasteiger partial charge is 0.324 e. The van der Waals surface area contributed by atoms with E-state index in [-0.39, 0.29) is 0 Å². The Morgan fingerprint density at radius 3 is 2.43 bits per heavy atom. The topological polar surface area (TPSA) is 83.8 Å². The van der Waals surface area contributed by atoms with Crippen molar-refractivity contribution < 1.29 is 24.5 Å². The van der Waals surface area contributed by atoms with Gasteiger partial charge < -0.3 is 14.9 Å². The Morgan fingerprint density at radius 2 is 2.00 bits per heavy atom. The van der Waals surface area contributed by atoms with Crippen LogP contribution >= 0.6 is 15.9 Å². The maximum Gasteiger partial charge on any atom is 0.324 e. The first-order valence-corrected chi connectivity index (χ1v) is 5.07. The third-order valence-electron chi connectivity index (χ3n) is 2.94. The van der Waals surface area contributed by atoms with Crippen LogP contribution in [0.1, 0.15) is 12.8 Å². The number of hydrogen-bond acceptors (Lipinski definition) is 3. The van der Waals surface area contributed by atoms with Gasteiger partial charge in [-0.05, 0) is 12.8 Å². The average molecular weight is 265 g/mol. The Balaban J connectivity index is 2.39. The van der Waals surface area contributed by atoms with Crippen molar-refractivity contribution in [2.45, 2.75) is 29.4 Å². The van der Waals surface area contributed by atoms with E-state index in [2.05, 4.69) is 15.9 Å². The van der Waals surface area contributed by atoms with E-state index in [0.717, 1.165) is 0 Å². The number of ether oxygens (including phenoxy) is 1. The van der Waals surface area contributed by atoms with Crippen LogP contribution in [-0.2, 0) is 14.3 Å². The summed E-state index contributed by atoms with van der Waals surface area (Å²) in [5.41, 5.74) is 0. The minimum absolute atomic E-state index is 0.465. The molecule has 2 rings (SSSR count). The molecule has 0 radical (unpaired) electrons. The van der Waals surface area contributed by atoms with E-state index in [9.17, 15) is 9.59 Å². The molecule has 0 aromatic rings. The number of halogens is 1. The molecule has 2 N–H and O–H groups in total. The largest absolute Gasteiger partial charge is 0.481 e. The summed E-state index contributed by atoms with van der Waals surface area (Å²) in [7, 11) is 0. The number of carboxylic acid groups (broad SMARTS) is 2. The number of alkyl halides is 1. The van der Waals surface area contributed by atoms with Crippen LogP contribution in [0.2, 0.25) is 0 Å². The molecule has 0 aromatic carbocycles. The minimum atomic E-state index is -1.44. The summed E-state index contributed by atoms with van der Waals surface area (Å²) in [5.74, 6) is -3.26. The number of fused-ring (bicyclic) bond motifs is 2. The monoisotopic (exact) mass is 264 g/mol. The molecule has 2 bridgehead atoms. The normalized spacial score (nSPS) is 45.4. The standard InChI is InChI=1S/C8H9BrO5/c9-8(7(12)13)4-2-1-3(14-4)5(8)6(10)11/h3-5H,1-2H2,(H,10,11)(H,12,13). The Morgan fingerprint density at radius 1 is 1.36 bits per heavy atom. The van der Waals surface area contributed by atoms with Crippen LogP contribution in [0, 0.1) is 5.92 Å². The van der Waals surface area contributed by atoms with Gasteiger partial charge >= 0.3 is 11.9 Å². The highest BCUT2D eigenvalue weighted by atomic mass is 79.9. The molecule has 5 nitrogen and oxygen atoms in total. The van der Waals surface area contributed by atoms with E-state index in [1.165, 1.54) is 0 Å². The van der Waals surface area contributed by atoms with Crippen molar-refractivity contribution in [2.24, 2.45) is 5.92 Å². The Labute approximate surface area is 88.2 Å². The molecule has 0 saturated carbocycles. The Bertz CT molecular complexity index is 304. The molecule has 6 heteroatoms. The van der Waals surface area contributed by atoms with E-state index in [1.54, 1.807) is 0 Å². The summed E-state index contributed by atoms with van der Waals surface area (Å²) >= 11 is 3.03. The van der Waals surface area contributed by atoms with Gasteiger partial charge in [0.1, 0.15) is 5.92 Å². The predicted molar refractivity (Wildman–Crippen MR) is 48.3 cm³/mol. The van der Waals surface area contributed by atoms with Crippen molar-refractivity contribution in [1.29, 1.82) is 0 Å². The first-order valence-electron chi connectivity index (χ1n) is 4.28. The predicted octanol–water partition coefficient (Wildman–Crippen LogP) is 0.467. The fourth-order valence-corrected chi connectivity index (χ4v) is 3.12. The molecule has 0 aliphatic carbocycles. The first kappa shape index (κ1) is 9.92. The van der Waals surface area contributed by atoms with Gasteiger partial charge in [0.05, 0.1) is 12.2 Å². The van der Waals surface area contributed by atoms with E-state index >= 15 is 0 Å². The Hall–Kier alpha value is -0.620. The molecule has 4 unspecified atom stereocenters. The molecule has 2 aliphatic heterocycles. The van der Waals surface area contributed by atoms with Gasteiger partial charge in [0.25, 0.3) is 0 Å². The molecule has 2 saturated heterocycles. The van der Waals surface area contributed by atoms with Crippen molar-refractivity contribution in [3.05, 3.63) is 0 Å². The molecular weight excluding hydrogens is 256 g/mol. The molecular formula is C8H9BrO5. The molecule has 2 aliphatic rings. The van der Waals surface area contributed by atoms with Gasteiger partial charge in [-0.15, -0.1) is 0 Å². The first-order chi connectivity index (χ1) is 6.48. The van der Waals surface area contributed by atoms with Crippen LogP contribution in [0.4, 0.5) is 0 Å². The molecule has 0 aromatic heterocycles. The van der Waals surface area contributed by atoms with Crippen molar-refractivity contribution in [1.82, 2.24) is 0 Å². The van der Waals surface area contributed by atoms with Gasteiger partial charge in [0.2, 0.25) is 0 Å². The van der Waals surface area contributed by atoms with Gasteiger partial charge in [0, 0.05) is 0 Å². The van der Waals surface area contributed by atoms with Gasteiger partial charge in [-0.2, -0.15) is 0 Å². The lowest BCUT2D eigenvalue weighted by Crippen LogP contribution is -2.51. The maximum atomic E-state index is 11.0. The summed E-state index contributed by atoms with van der Waals surface area (Å²) < 4.78 is 3.87. The quantitative estimate of drug-likeness (QED) is 0.709. The maximum absolute atomic E-state index is 11.0. The SMILES string of the molecule is O=C(O)C1C2CCC(O2)C1(Br)C(=O)O. The minimum Gasteiger partial charge on any atom is -0.481 e. The third kappa shape index (κ3) is 1.04. The number of rotatable bonds is 2. The zero-order valence-electron chi connectivity index (χ0n) is 7.14. The zero-order chi connectivity index (χ0) is 10.5. The van der Waals surface area contributed by atoms with Crippen LogP contribution in [0.25, 0.3) is 0 Å². The van der Waals surface area contributed by atoms with Crippen molar-refractivity contribution in [2.75, 3.05) is 0 Å². The third-order valence-corrected chi connectivity index (χ3v) is 4.28. The zero-order valence-corrected chi connectivity index (χ0v) is 8.73. The second kappa shape index (κ2) is 2.93. The lowest BCUT2D eigenvalue weighted by molar-refractivity contribution is -0.151. The number of carboxylic acids is 2. The van der Waals surface area contributed by atoms with Crippen LogP contribution < -0.4 is 0 Å². The van der Waals surface area contributed by atoms with E-state index < -0.39 is 34.4 Å². The van der Waals surface area contributed by atoms with Crippen LogP contribution in [0.3, 0.4) is 0 Å². The van der Waals surface area contributed by atoms with Gasteiger partial charge in [-0.1, -0.05) is 15.9 Å². The van der Waals surface area contributed by atoms with Crippen LogP contribution in [0.5, 0.6) is 0 Å². The van der Waals surface area contributed by atoms with E-state index in [0.29, 0.717) is 12.8 Å². The summed E-state index contributed by atoms with van der Waals surface area (Å²) in [5, 5.41) is 18.0. The lowest BCUT2D eigenvalue weighted by Gasteiger charge is -2.29. The highest BCUT2D eigenvalue weighted by Crippen LogP contribution is 2.51. The fraction of sp³-hybridized carbons (Fsp3) is 0.750. The summed E-state index contributed by atoms with van der Waals surface area (Å²) in [6, 6.07) is 0. The molecule has 0 amide bonds. The van der Waals surface area contributed by atoms with Gasteiger partial charge in [0.15, 0.2) is 4.32 Å². The number of carbonyl (C=O) groups is 2. The highest BCUT2D eigenvalue weighted by Gasteiger charge is 2.66. The number of aliphatic carboxylic acids is 2. The van der Waals surface area contributed by atoms with Crippen molar-refractivity contribution >= 4 is 27.9 Å². The Kier molecular flexibility index (Phi) is 2.08. The second-order valence-electron chi connectivity index (χ2n) is 3.63.